The topological polar surface area (TPSA) is 54.3 Å². The summed E-state index contributed by atoms with van der Waals surface area (Å²) in [4.78, 5) is 21.1. The molecule has 0 bridgehead atoms. The third kappa shape index (κ3) is 3.74. The summed E-state index contributed by atoms with van der Waals surface area (Å²) < 4.78 is 1.76. The van der Waals surface area contributed by atoms with Crippen LogP contribution in [0.2, 0.25) is 0 Å². The van der Waals surface area contributed by atoms with Gasteiger partial charge in [-0.3, -0.25) is 9.69 Å². The maximum Gasteiger partial charge on any atom is 0.226 e. The molecule has 2 aliphatic rings. The molecule has 0 radical (unpaired) electrons. The Morgan fingerprint density at radius 3 is 2.60 bits per heavy atom. The monoisotopic (exact) mass is 339 g/mol. The Morgan fingerprint density at radius 1 is 1.08 bits per heavy atom. The van der Waals surface area contributed by atoms with Gasteiger partial charge in [-0.2, -0.15) is 5.10 Å². The Morgan fingerprint density at radius 2 is 1.88 bits per heavy atom. The first kappa shape index (κ1) is 16.3. The van der Waals surface area contributed by atoms with Crippen molar-refractivity contribution in [1.82, 2.24) is 24.6 Å². The van der Waals surface area contributed by atoms with Gasteiger partial charge in [0, 0.05) is 26.2 Å². The molecule has 0 aliphatic carbocycles. The van der Waals surface area contributed by atoms with Crippen molar-refractivity contribution in [2.45, 2.75) is 32.2 Å². The molecule has 2 saturated heterocycles. The molecule has 132 valence electrons. The number of carbonyl (C=O) groups excluding carboxylic acids is 1. The molecule has 2 fully saturated rings. The Bertz CT molecular complexity index is 691. The Hall–Kier alpha value is -2.21. The van der Waals surface area contributed by atoms with Gasteiger partial charge in [-0.1, -0.05) is 12.1 Å². The van der Waals surface area contributed by atoms with Gasteiger partial charge in [-0.25, -0.2) is 9.67 Å². The molecular formula is C19H25N5O. The molecule has 0 saturated carbocycles. The van der Waals surface area contributed by atoms with Gasteiger partial charge < -0.3 is 4.90 Å². The zero-order valence-corrected chi connectivity index (χ0v) is 14.5. The smallest absolute Gasteiger partial charge is 0.226 e. The molecule has 1 amide bonds. The van der Waals surface area contributed by atoms with Crippen LogP contribution in [0, 0.1) is 5.92 Å². The third-order valence-electron chi connectivity index (χ3n) is 5.30. The average molecular weight is 339 g/mol. The predicted molar refractivity (Wildman–Crippen MR) is 95.2 cm³/mol. The molecule has 6 heteroatoms. The standard InChI is InChI=1S/C19H25N5O/c25-19(23-10-1-2-11-23)17-4-3-9-22(13-17)12-16-5-7-18(8-6-16)24-15-20-14-21-24/h5-8,14-15,17H,1-4,9-13H2. The van der Waals surface area contributed by atoms with E-state index in [0.717, 1.165) is 51.3 Å². The van der Waals surface area contributed by atoms with Crippen molar-refractivity contribution < 1.29 is 4.79 Å². The molecule has 2 aromatic rings. The zero-order chi connectivity index (χ0) is 17.1. The van der Waals surface area contributed by atoms with E-state index in [4.69, 9.17) is 0 Å². The van der Waals surface area contributed by atoms with Crippen molar-refractivity contribution in [2.75, 3.05) is 26.2 Å². The van der Waals surface area contributed by atoms with Crippen molar-refractivity contribution in [1.29, 1.82) is 0 Å². The number of nitrogens with zero attached hydrogens (tertiary/aromatic N) is 5. The second-order valence-electron chi connectivity index (χ2n) is 7.11. The molecule has 0 N–H and O–H groups in total. The number of benzene rings is 1. The molecule has 25 heavy (non-hydrogen) atoms. The third-order valence-corrected chi connectivity index (χ3v) is 5.30. The van der Waals surface area contributed by atoms with Gasteiger partial charge >= 0.3 is 0 Å². The van der Waals surface area contributed by atoms with Crippen LogP contribution in [0.5, 0.6) is 0 Å². The van der Waals surface area contributed by atoms with Crippen molar-refractivity contribution >= 4 is 5.91 Å². The average Bonchev–Trinajstić information content (AvgIpc) is 3.36. The maximum atomic E-state index is 12.7. The van der Waals surface area contributed by atoms with E-state index in [1.165, 1.54) is 18.4 Å². The first-order chi connectivity index (χ1) is 12.3. The zero-order valence-electron chi connectivity index (χ0n) is 14.5. The fourth-order valence-corrected chi connectivity index (χ4v) is 3.95. The Balaban J connectivity index is 1.36. The van der Waals surface area contributed by atoms with Gasteiger partial charge in [0.1, 0.15) is 12.7 Å². The fraction of sp³-hybridized carbons (Fsp3) is 0.526. The lowest BCUT2D eigenvalue weighted by Crippen LogP contribution is -2.43. The summed E-state index contributed by atoms with van der Waals surface area (Å²) in [7, 11) is 0. The van der Waals surface area contributed by atoms with Crippen LogP contribution in [0.15, 0.2) is 36.9 Å². The molecule has 1 aromatic carbocycles. The molecule has 3 heterocycles. The van der Waals surface area contributed by atoms with Crippen LogP contribution in [-0.2, 0) is 11.3 Å². The van der Waals surface area contributed by atoms with Crippen molar-refractivity contribution in [3.63, 3.8) is 0 Å². The summed E-state index contributed by atoms with van der Waals surface area (Å²) in [5.74, 6) is 0.560. The minimum atomic E-state index is 0.182. The van der Waals surface area contributed by atoms with Gasteiger partial charge in [-0.15, -0.1) is 0 Å². The van der Waals surface area contributed by atoms with E-state index in [1.807, 2.05) is 0 Å². The van der Waals surface area contributed by atoms with E-state index in [9.17, 15) is 4.79 Å². The molecule has 1 unspecified atom stereocenters. The Kier molecular flexibility index (Phi) is 4.78. The highest BCUT2D eigenvalue weighted by Crippen LogP contribution is 2.22. The molecule has 0 spiro atoms. The number of rotatable bonds is 4. The van der Waals surface area contributed by atoms with Gasteiger partial charge in [0.15, 0.2) is 0 Å². The van der Waals surface area contributed by atoms with Gasteiger partial charge in [-0.05, 0) is 49.9 Å². The summed E-state index contributed by atoms with van der Waals surface area (Å²) in [6.07, 6.45) is 7.73. The van der Waals surface area contributed by atoms with Crippen LogP contribution in [0.4, 0.5) is 0 Å². The lowest BCUT2D eigenvalue weighted by molar-refractivity contribution is -0.136. The van der Waals surface area contributed by atoms with Crippen LogP contribution in [0.3, 0.4) is 0 Å². The number of likely N-dealkylation sites (tertiary alicyclic amines) is 2. The molecule has 2 aliphatic heterocycles. The highest BCUT2D eigenvalue weighted by molar-refractivity contribution is 5.79. The SMILES string of the molecule is O=C(C1CCCN(Cc2ccc(-n3cncn3)cc2)C1)N1CCCC1. The maximum absolute atomic E-state index is 12.7. The number of amides is 1. The fourth-order valence-electron chi connectivity index (χ4n) is 3.95. The van der Waals surface area contributed by atoms with E-state index in [0.29, 0.717) is 5.91 Å². The summed E-state index contributed by atoms with van der Waals surface area (Å²) in [5, 5.41) is 4.15. The second kappa shape index (κ2) is 7.35. The number of hydrogen-bond donors (Lipinski definition) is 0. The Labute approximate surface area is 148 Å². The van der Waals surface area contributed by atoms with Gasteiger partial charge in [0.05, 0.1) is 11.6 Å². The lowest BCUT2D eigenvalue weighted by atomic mass is 9.96. The van der Waals surface area contributed by atoms with Crippen LogP contribution in [0.25, 0.3) is 5.69 Å². The first-order valence-electron chi connectivity index (χ1n) is 9.25. The summed E-state index contributed by atoms with van der Waals surface area (Å²) in [6, 6.07) is 8.42. The number of hydrogen-bond acceptors (Lipinski definition) is 4. The second-order valence-corrected chi connectivity index (χ2v) is 7.11. The van der Waals surface area contributed by atoms with Gasteiger partial charge in [0.2, 0.25) is 5.91 Å². The molecule has 1 atom stereocenters. The van der Waals surface area contributed by atoms with E-state index in [2.05, 4.69) is 44.1 Å². The number of carbonyl (C=O) groups is 1. The van der Waals surface area contributed by atoms with Crippen molar-refractivity contribution in [3.8, 4) is 5.69 Å². The summed E-state index contributed by atoms with van der Waals surface area (Å²) in [5.41, 5.74) is 2.29. The van der Waals surface area contributed by atoms with E-state index >= 15 is 0 Å². The minimum Gasteiger partial charge on any atom is -0.342 e. The first-order valence-corrected chi connectivity index (χ1v) is 9.25. The highest BCUT2D eigenvalue weighted by atomic mass is 16.2. The molecular weight excluding hydrogens is 314 g/mol. The molecule has 4 rings (SSSR count). The van der Waals surface area contributed by atoms with Crippen LogP contribution in [-0.4, -0.2) is 56.7 Å². The number of piperidine rings is 1. The van der Waals surface area contributed by atoms with Crippen LogP contribution < -0.4 is 0 Å². The van der Waals surface area contributed by atoms with E-state index in [-0.39, 0.29) is 5.92 Å². The van der Waals surface area contributed by atoms with Crippen molar-refractivity contribution in [3.05, 3.63) is 42.5 Å². The summed E-state index contributed by atoms with van der Waals surface area (Å²) in [6.45, 7) is 4.79. The highest BCUT2D eigenvalue weighted by Gasteiger charge is 2.30. The molecule has 6 nitrogen and oxygen atoms in total. The largest absolute Gasteiger partial charge is 0.342 e. The van der Waals surface area contributed by atoms with Crippen molar-refractivity contribution in [2.24, 2.45) is 5.92 Å². The van der Waals surface area contributed by atoms with E-state index in [1.54, 1.807) is 17.3 Å². The van der Waals surface area contributed by atoms with E-state index < -0.39 is 0 Å². The van der Waals surface area contributed by atoms with Gasteiger partial charge in [0.25, 0.3) is 0 Å². The lowest BCUT2D eigenvalue weighted by Gasteiger charge is -2.34. The van der Waals surface area contributed by atoms with Crippen LogP contribution in [0.1, 0.15) is 31.2 Å². The normalized spacial score (nSPS) is 21.6. The van der Waals surface area contributed by atoms with Crippen LogP contribution >= 0.6 is 0 Å². The quantitative estimate of drug-likeness (QED) is 0.856. The minimum absolute atomic E-state index is 0.182. The molecule has 1 aromatic heterocycles. The predicted octanol–water partition coefficient (Wildman–Crippen LogP) is 2.10. The number of aromatic nitrogens is 3. The summed E-state index contributed by atoms with van der Waals surface area (Å²) >= 11 is 0.